The van der Waals surface area contributed by atoms with E-state index in [0.29, 0.717) is 0 Å². The highest BCUT2D eigenvalue weighted by Crippen LogP contribution is 2.40. The number of hydrogen-bond acceptors (Lipinski definition) is 6. The van der Waals surface area contributed by atoms with E-state index in [-0.39, 0.29) is 16.7 Å². The van der Waals surface area contributed by atoms with Crippen molar-refractivity contribution >= 4 is 16.6 Å². The van der Waals surface area contributed by atoms with E-state index in [1.807, 2.05) is 0 Å². The van der Waals surface area contributed by atoms with E-state index in [1.165, 1.54) is 0 Å². The maximum absolute atomic E-state index is 10.6. The largest absolute Gasteiger partial charge is 0.414 e. The second-order valence-electron chi connectivity index (χ2n) is 10.5. The van der Waals surface area contributed by atoms with Gasteiger partial charge in [0.15, 0.2) is 22.9 Å². The number of aliphatic hydroxyl groups is 3. The average molecular weight is 409 g/mol. The minimum absolute atomic E-state index is 0.0359. The van der Waals surface area contributed by atoms with Crippen LogP contribution in [0.3, 0.4) is 0 Å². The van der Waals surface area contributed by atoms with Gasteiger partial charge in [-0.1, -0.05) is 41.5 Å². The van der Waals surface area contributed by atoms with Gasteiger partial charge in [-0.3, -0.25) is 0 Å². The normalized spacial score (nSPS) is 32.0. The molecule has 0 unspecified atom stereocenters. The standard InChI is InChI=1S/C18H40O6Si2/c1-17(2,3)25(7,8)22-11-12-15(13(19)14(20)16(21)23-12)24-26(9,10)18(4,5)6/h12-16,19-21H,11H2,1-10H3/t12-,13+,14-,15+,16+/m1/s1. The first-order chi connectivity index (χ1) is 11.4. The summed E-state index contributed by atoms with van der Waals surface area (Å²) in [7, 11) is -4.24. The van der Waals surface area contributed by atoms with Crippen LogP contribution < -0.4 is 0 Å². The smallest absolute Gasteiger partial charge is 0.192 e. The van der Waals surface area contributed by atoms with Gasteiger partial charge in [0.1, 0.15) is 24.4 Å². The Labute approximate surface area is 161 Å². The zero-order valence-electron chi connectivity index (χ0n) is 18.2. The van der Waals surface area contributed by atoms with Crippen molar-refractivity contribution in [2.75, 3.05) is 6.61 Å². The van der Waals surface area contributed by atoms with Crippen LogP contribution in [0.5, 0.6) is 0 Å². The Bertz CT molecular complexity index is 469. The molecule has 3 N–H and O–H groups in total. The molecular formula is C18H40O6Si2. The molecule has 8 heteroatoms. The molecule has 0 saturated carbocycles. The van der Waals surface area contributed by atoms with E-state index in [4.69, 9.17) is 13.6 Å². The van der Waals surface area contributed by atoms with Gasteiger partial charge in [-0.25, -0.2) is 0 Å². The molecule has 1 heterocycles. The Balaban J connectivity index is 3.01. The van der Waals surface area contributed by atoms with Crippen molar-refractivity contribution in [2.24, 2.45) is 0 Å². The van der Waals surface area contributed by atoms with Gasteiger partial charge in [0.2, 0.25) is 0 Å². The lowest BCUT2D eigenvalue weighted by atomic mass is 9.99. The third-order valence-corrected chi connectivity index (χ3v) is 15.3. The van der Waals surface area contributed by atoms with Crippen molar-refractivity contribution in [3.8, 4) is 0 Å². The van der Waals surface area contributed by atoms with Crippen molar-refractivity contribution in [3.63, 3.8) is 0 Å². The summed E-state index contributed by atoms with van der Waals surface area (Å²) in [6, 6.07) is 0. The molecule has 1 aliphatic rings. The van der Waals surface area contributed by atoms with Gasteiger partial charge >= 0.3 is 0 Å². The number of rotatable bonds is 5. The molecule has 0 bridgehead atoms. The highest BCUT2D eigenvalue weighted by atomic mass is 28.4. The highest BCUT2D eigenvalue weighted by molar-refractivity contribution is 6.74. The van der Waals surface area contributed by atoms with Gasteiger partial charge in [0.25, 0.3) is 0 Å². The van der Waals surface area contributed by atoms with Crippen LogP contribution in [-0.2, 0) is 13.6 Å². The first-order valence-corrected chi connectivity index (χ1v) is 15.2. The summed E-state index contributed by atoms with van der Waals surface area (Å²) in [6.45, 7) is 21.5. The van der Waals surface area contributed by atoms with Crippen LogP contribution in [0.2, 0.25) is 36.3 Å². The molecule has 6 nitrogen and oxygen atoms in total. The van der Waals surface area contributed by atoms with E-state index in [9.17, 15) is 15.3 Å². The van der Waals surface area contributed by atoms with Crippen LogP contribution in [0.15, 0.2) is 0 Å². The lowest BCUT2D eigenvalue weighted by Crippen LogP contribution is -2.63. The van der Waals surface area contributed by atoms with Crippen LogP contribution in [-0.4, -0.2) is 69.3 Å². The molecule has 1 saturated heterocycles. The van der Waals surface area contributed by atoms with Crippen LogP contribution in [0, 0.1) is 0 Å². The Hall–Kier alpha value is 0.194. The SMILES string of the molecule is CC(C)(C)[Si](C)(C)OC[C@H]1O[C@H](O)[C@H](O)[C@H](O)[C@H]1O[Si](C)(C)C(C)(C)C. The number of aliphatic hydroxyl groups excluding tert-OH is 3. The first-order valence-electron chi connectivity index (χ1n) is 9.42. The lowest BCUT2D eigenvalue weighted by Gasteiger charge is -2.47. The van der Waals surface area contributed by atoms with Gasteiger partial charge in [-0.2, -0.15) is 0 Å². The van der Waals surface area contributed by atoms with Crippen molar-refractivity contribution in [1.29, 1.82) is 0 Å². The predicted octanol–water partition coefficient (Wildman–Crippen LogP) is 2.84. The molecule has 0 aromatic carbocycles. The summed E-state index contributed by atoms with van der Waals surface area (Å²) in [5.41, 5.74) is 0. The zero-order chi connectivity index (χ0) is 20.7. The highest BCUT2D eigenvalue weighted by Gasteiger charge is 2.50. The third kappa shape index (κ3) is 5.38. The molecule has 1 rings (SSSR count). The van der Waals surface area contributed by atoms with Gasteiger partial charge in [-0.05, 0) is 36.3 Å². The minimum atomic E-state index is -2.22. The quantitative estimate of drug-likeness (QED) is 0.606. The van der Waals surface area contributed by atoms with Gasteiger partial charge in [0, 0.05) is 0 Å². The third-order valence-electron chi connectivity index (χ3n) is 6.31. The van der Waals surface area contributed by atoms with E-state index in [0.717, 1.165) is 0 Å². The Morgan fingerprint density at radius 2 is 1.27 bits per heavy atom. The molecular weight excluding hydrogens is 368 g/mol. The molecule has 0 spiro atoms. The zero-order valence-corrected chi connectivity index (χ0v) is 20.2. The van der Waals surface area contributed by atoms with Gasteiger partial charge in [-0.15, -0.1) is 0 Å². The molecule has 5 atom stereocenters. The molecule has 1 aliphatic heterocycles. The minimum Gasteiger partial charge on any atom is -0.414 e. The fraction of sp³-hybridized carbons (Fsp3) is 1.00. The molecule has 0 aliphatic carbocycles. The van der Waals surface area contributed by atoms with Crippen LogP contribution in [0.4, 0.5) is 0 Å². The molecule has 1 fully saturated rings. The molecule has 26 heavy (non-hydrogen) atoms. The molecule has 0 aromatic heterocycles. The second-order valence-corrected chi connectivity index (χ2v) is 20.0. The van der Waals surface area contributed by atoms with Crippen molar-refractivity contribution in [2.45, 2.75) is 109 Å². The van der Waals surface area contributed by atoms with E-state index in [1.54, 1.807) is 0 Å². The summed E-state index contributed by atoms with van der Waals surface area (Å²) in [6.07, 6.45) is -5.43. The monoisotopic (exact) mass is 408 g/mol. The molecule has 156 valence electrons. The Morgan fingerprint density at radius 1 is 0.808 bits per heavy atom. The number of ether oxygens (including phenoxy) is 1. The molecule has 0 radical (unpaired) electrons. The number of hydrogen-bond donors (Lipinski definition) is 3. The van der Waals surface area contributed by atoms with Crippen molar-refractivity contribution in [3.05, 3.63) is 0 Å². The summed E-state index contributed by atoms with van der Waals surface area (Å²) in [5, 5.41) is 30.6. The lowest BCUT2D eigenvalue weighted by molar-refractivity contribution is -0.282. The van der Waals surface area contributed by atoms with Gasteiger partial charge in [0.05, 0.1) is 6.61 Å². The van der Waals surface area contributed by atoms with Crippen LogP contribution >= 0.6 is 0 Å². The van der Waals surface area contributed by atoms with Crippen LogP contribution in [0.1, 0.15) is 41.5 Å². The first kappa shape index (κ1) is 24.2. The van der Waals surface area contributed by atoms with Crippen LogP contribution in [0.25, 0.3) is 0 Å². The molecule has 0 aromatic rings. The van der Waals surface area contributed by atoms with E-state index >= 15 is 0 Å². The van der Waals surface area contributed by atoms with Gasteiger partial charge < -0.3 is 28.9 Å². The summed E-state index contributed by atoms with van der Waals surface area (Å²) >= 11 is 0. The summed E-state index contributed by atoms with van der Waals surface area (Å²) in [4.78, 5) is 0. The Morgan fingerprint density at radius 3 is 1.69 bits per heavy atom. The van der Waals surface area contributed by atoms with E-state index in [2.05, 4.69) is 67.7 Å². The van der Waals surface area contributed by atoms with E-state index < -0.39 is 47.3 Å². The maximum atomic E-state index is 10.6. The maximum Gasteiger partial charge on any atom is 0.192 e. The Kier molecular flexibility index (Phi) is 7.37. The van der Waals surface area contributed by atoms with Crippen molar-refractivity contribution in [1.82, 2.24) is 0 Å². The fourth-order valence-corrected chi connectivity index (χ4v) is 4.56. The molecule has 0 amide bonds. The second kappa shape index (κ2) is 7.90. The fourth-order valence-electron chi connectivity index (χ4n) is 2.22. The predicted molar refractivity (Wildman–Crippen MR) is 108 cm³/mol. The average Bonchev–Trinajstić information content (AvgIpc) is 2.43. The topological polar surface area (TPSA) is 88.4 Å². The summed E-state index contributed by atoms with van der Waals surface area (Å²) < 4.78 is 18.2. The summed E-state index contributed by atoms with van der Waals surface area (Å²) in [5.74, 6) is 0. The van der Waals surface area contributed by atoms with Crippen molar-refractivity contribution < 1.29 is 28.9 Å².